The molecule has 0 spiro atoms. The Morgan fingerprint density at radius 1 is 1.39 bits per heavy atom. The second-order valence-corrected chi connectivity index (χ2v) is 4.81. The summed E-state index contributed by atoms with van der Waals surface area (Å²) in [6.07, 6.45) is 4.32. The molecule has 1 heterocycles. The van der Waals surface area contributed by atoms with E-state index in [9.17, 15) is 4.39 Å². The molecule has 0 atom stereocenters. The van der Waals surface area contributed by atoms with Gasteiger partial charge in [-0.2, -0.15) is 5.10 Å². The minimum Gasteiger partial charge on any atom is -0.308 e. The first kappa shape index (κ1) is 11.4. The molecule has 94 valence electrons. The van der Waals surface area contributed by atoms with E-state index in [4.69, 9.17) is 0 Å². The molecule has 2 aromatic rings. The van der Waals surface area contributed by atoms with Crippen molar-refractivity contribution in [2.45, 2.75) is 32.4 Å². The van der Waals surface area contributed by atoms with Gasteiger partial charge >= 0.3 is 0 Å². The fraction of sp³-hybridized carbons (Fsp3) is 0.357. The Kier molecular flexibility index (Phi) is 2.88. The van der Waals surface area contributed by atoms with Gasteiger partial charge in [-0.05, 0) is 37.5 Å². The molecule has 0 saturated heterocycles. The third-order valence-corrected chi connectivity index (χ3v) is 3.21. The average Bonchev–Trinajstić information content (AvgIpc) is 3.08. The van der Waals surface area contributed by atoms with Crippen molar-refractivity contribution in [2.75, 3.05) is 0 Å². The molecule has 1 aliphatic carbocycles. The lowest BCUT2D eigenvalue weighted by atomic mass is 10.2. The predicted molar refractivity (Wildman–Crippen MR) is 68.1 cm³/mol. The van der Waals surface area contributed by atoms with E-state index in [1.54, 1.807) is 23.7 Å². The molecule has 0 radical (unpaired) electrons. The van der Waals surface area contributed by atoms with Crippen molar-refractivity contribution in [3.8, 4) is 5.69 Å². The minimum atomic E-state index is -0.206. The predicted octanol–water partition coefficient (Wildman–Crippen LogP) is 2.57. The van der Waals surface area contributed by atoms with E-state index < -0.39 is 0 Å². The van der Waals surface area contributed by atoms with Crippen LogP contribution >= 0.6 is 0 Å². The highest BCUT2D eigenvalue weighted by Crippen LogP contribution is 2.19. The highest BCUT2D eigenvalue weighted by Gasteiger charge is 2.20. The maximum Gasteiger partial charge on any atom is 0.151 e. The monoisotopic (exact) mass is 245 g/mol. The highest BCUT2D eigenvalue weighted by atomic mass is 19.1. The van der Waals surface area contributed by atoms with Crippen molar-refractivity contribution < 1.29 is 4.39 Å². The zero-order valence-electron chi connectivity index (χ0n) is 10.4. The van der Waals surface area contributed by atoms with Gasteiger partial charge in [-0.1, -0.05) is 12.1 Å². The van der Waals surface area contributed by atoms with E-state index >= 15 is 0 Å². The maximum absolute atomic E-state index is 13.9. The first-order chi connectivity index (χ1) is 8.74. The van der Waals surface area contributed by atoms with Gasteiger partial charge in [0.1, 0.15) is 5.69 Å². The first-order valence-corrected chi connectivity index (χ1v) is 6.27. The summed E-state index contributed by atoms with van der Waals surface area (Å²) in [5.74, 6) is -0.206. The number of benzene rings is 1. The van der Waals surface area contributed by atoms with Gasteiger partial charge in [0.2, 0.25) is 0 Å². The summed E-state index contributed by atoms with van der Waals surface area (Å²) in [6, 6.07) is 7.94. The number of halogens is 1. The van der Waals surface area contributed by atoms with Crippen LogP contribution in [0.15, 0.2) is 30.5 Å². The molecule has 0 aliphatic heterocycles. The third kappa shape index (κ3) is 2.29. The van der Waals surface area contributed by atoms with Gasteiger partial charge in [0.25, 0.3) is 0 Å². The van der Waals surface area contributed by atoms with E-state index in [0.29, 0.717) is 17.3 Å². The topological polar surface area (TPSA) is 29.9 Å². The van der Waals surface area contributed by atoms with Crippen LogP contribution in [0.25, 0.3) is 5.69 Å². The Bertz CT molecular complexity index is 558. The van der Waals surface area contributed by atoms with Gasteiger partial charge in [0, 0.05) is 18.8 Å². The van der Waals surface area contributed by atoms with Gasteiger partial charge < -0.3 is 5.32 Å². The van der Waals surface area contributed by atoms with Gasteiger partial charge in [0.05, 0.1) is 5.69 Å². The number of hydrogen-bond donors (Lipinski definition) is 1. The van der Waals surface area contributed by atoms with Crippen molar-refractivity contribution in [1.82, 2.24) is 15.1 Å². The van der Waals surface area contributed by atoms with Crippen LogP contribution in [0.2, 0.25) is 0 Å². The first-order valence-electron chi connectivity index (χ1n) is 6.27. The summed E-state index contributed by atoms with van der Waals surface area (Å²) < 4.78 is 15.5. The molecule has 18 heavy (non-hydrogen) atoms. The normalized spacial score (nSPS) is 15.0. The molecule has 1 aromatic carbocycles. The van der Waals surface area contributed by atoms with Crippen LogP contribution in [-0.4, -0.2) is 15.8 Å². The van der Waals surface area contributed by atoms with E-state index in [-0.39, 0.29) is 5.82 Å². The Morgan fingerprint density at radius 2 is 2.22 bits per heavy atom. The number of aromatic nitrogens is 2. The van der Waals surface area contributed by atoms with E-state index in [2.05, 4.69) is 10.4 Å². The second-order valence-electron chi connectivity index (χ2n) is 4.81. The SMILES string of the molecule is Cc1cccc(-n2ccc(CNC3CC3)n2)c1F. The smallest absolute Gasteiger partial charge is 0.151 e. The maximum atomic E-state index is 13.9. The van der Waals surface area contributed by atoms with E-state index in [1.165, 1.54) is 12.8 Å². The number of nitrogens with zero attached hydrogens (tertiary/aromatic N) is 2. The van der Waals surface area contributed by atoms with Crippen LogP contribution in [0, 0.1) is 12.7 Å². The largest absolute Gasteiger partial charge is 0.308 e. The lowest BCUT2D eigenvalue weighted by molar-refractivity contribution is 0.598. The molecule has 1 fully saturated rings. The zero-order chi connectivity index (χ0) is 12.5. The molecule has 1 aromatic heterocycles. The molecule has 1 N–H and O–H groups in total. The molecular weight excluding hydrogens is 229 g/mol. The number of hydrogen-bond acceptors (Lipinski definition) is 2. The molecule has 3 rings (SSSR count). The van der Waals surface area contributed by atoms with Crippen LogP contribution in [0.3, 0.4) is 0 Å². The fourth-order valence-electron chi connectivity index (χ4n) is 1.94. The van der Waals surface area contributed by atoms with Gasteiger partial charge in [-0.3, -0.25) is 0 Å². The lowest BCUT2D eigenvalue weighted by Crippen LogP contribution is -2.15. The van der Waals surface area contributed by atoms with Crippen LogP contribution < -0.4 is 5.32 Å². The fourth-order valence-corrected chi connectivity index (χ4v) is 1.94. The van der Waals surface area contributed by atoms with Crippen molar-refractivity contribution in [3.63, 3.8) is 0 Å². The standard InChI is InChI=1S/C14H16FN3/c1-10-3-2-4-13(14(10)15)18-8-7-12(17-18)9-16-11-5-6-11/h2-4,7-8,11,16H,5-6,9H2,1H3. The Balaban J connectivity index is 1.80. The van der Waals surface area contributed by atoms with Crippen LogP contribution in [-0.2, 0) is 6.54 Å². The Morgan fingerprint density at radius 3 is 3.00 bits per heavy atom. The summed E-state index contributed by atoms with van der Waals surface area (Å²) in [5, 5.41) is 7.79. The van der Waals surface area contributed by atoms with E-state index in [1.807, 2.05) is 18.3 Å². The molecule has 3 nitrogen and oxygen atoms in total. The van der Waals surface area contributed by atoms with Crippen molar-refractivity contribution >= 4 is 0 Å². The van der Waals surface area contributed by atoms with Crippen LogP contribution in [0.1, 0.15) is 24.1 Å². The van der Waals surface area contributed by atoms with Gasteiger partial charge in [-0.25, -0.2) is 9.07 Å². The summed E-state index contributed by atoms with van der Waals surface area (Å²) in [6.45, 7) is 2.52. The lowest BCUT2D eigenvalue weighted by Gasteiger charge is -2.05. The van der Waals surface area contributed by atoms with Gasteiger partial charge in [0.15, 0.2) is 5.82 Å². The summed E-state index contributed by atoms with van der Waals surface area (Å²) in [7, 11) is 0. The molecule has 0 bridgehead atoms. The summed E-state index contributed by atoms with van der Waals surface area (Å²) >= 11 is 0. The molecule has 0 amide bonds. The van der Waals surface area contributed by atoms with Crippen molar-refractivity contribution in [2.24, 2.45) is 0 Å². The quantitative estimate of drug-likeness (QED) is 0.897. The van der Waals surface area contributed by atoms with E-state index in [0.717, 1.165) is 12.2 Å². The molecule has 1 aliphatic rings. The highest BCUT2D eigenvalue weighted by molar-refractivity contribution is 5.37. The number of nitrogens with one attached hydrogen (secondary N) is 1. The number of aryl methyl sites for hydroxylation is 1. The Labute approximate surface area is 106 Å². The van der Waals surface area contributed by atoms with Crippen molar-refractivity contribution in [1.29, 1.82) is 0 Å². The molecule has 4 heteroatoms. The summed E-state index contributed by atoms with van der Waals surface area (Å²) in [5.41, 5.74) is 2.09. The number of rotatable bonds is 4. The Hall–Kier alpha value is -1.68. The molecular formula is C14H16FN3. The third-order valence-electron chi connectivity index (χ3n) is 3.21. The minimum absolute atomic E-state index is 0.206. The molecule has 0 unspecified atom stereocenters. The van der Waals surface area contributed by atoms with Crippen LogP contribution in [0.4, 0.5) is 4.39 Å². The average molecular weight is 245 g/mol. The van der Waals surface area contributed by atoms with Crippen LogP contribution in [0.5, 0.6) is 0 Å². The molecule has 1 saturated carbocycles. The zero-order valence-corrected chi connectivity index (χ0v) is 10.4. The van der Waals surface area contributed by atoms with Gasteiger partial charge in [-0.15, -0.1) is 0 Å². The second kappa shape index (κ2) is 4.53. The summed E-state index contributed by atoms with van der Waals surface area (Å²) in [4.78, 5) is 0. The van der Waals surface area contributed by atoms with Crippen molar-refractivity contribution in [3.05, 3.63) is 47.5 Å².